The van der Waals surface area contributed by atoms with E-state index < -0.39 is 0 Å². The lowest BCUT2D eigenvalue weighted by atomic mass is 10.1. The second-order valence-electron chi connectivity index (χ2n) is 5.64. The van der Waals surface area contributed by atoms with Gasteiger partial charge < -0.3 is 14.8 Å². The maximum atomic E-state index is 9.20. The van der Waals surface area contributed by atoms with Crippen molar-refractivity contribution in [3.05, 3.63) is 16.8 Å². The van der Waals surface area contributed by atoms with Crippen LogP contribution in [0.2, 0.25) is 0 Å². The molecule has 2 rings (SSSR count). The lowest BCUT2D eigenvalue weighted by Gasteiger charge is -2.36. The Morgan fingerprint density at radius 1 is 1.45 bits per heavy atom. The Bertz CT molecular complexity index is 537. The molecule has 108 valence electrons. The smallest absolute Gasteiger partial charge is 0.251 e. The van der Waals surface area contributed by atoms with Crippen LogP contribution >= 0.6 is 0 Å². The molecule has 0 saturated carbocycles. The molecule has 6 nitrogen and oxygen atoms in total. The molecule has 1 fully saturated rings. The van der Waals surface area contributed by atoms with Gasteiger partial charge in [0.25, 0.3) is 5.88 Å². The molecule has 1 aliphatic rings. The first kappa shape index (κ1) is 14.7. The third kappa shape index (κ3) is 3.24. The molecule has 0 amide bonds. The second kappa shape index (κ2) is 5.73. The van der Waals surface area contributed by atoms with Crippen LogP contribution in [0.15, 0.2) is 0 Å². The third-order valence-corrected chi connectivity index (χ3v) is 3.35. The molecule has 0 aromatic carbocycles. The van der Waals surface area contributed by atoms with E-state index in [0.717, 1.165) is 24.3 Å². The molecule has 0 aliphatic carbocycles. The molecule has 6 heteroatoms. The Labute approximate surface area is 119 Å². The average Bonchev–Trinajstić information content (AvgIpc) is 2.39. The van der Waals surface area contributed by atoms with Gasteiger partial charge in [0.05, 0.1) is 11.3 Å². The van der Waals surface area contributed by atoms with Gasteiger partial charge in [-0.2, -0.15) is 10.4 Å². The van der Waals surface area contributed by atoms with Crippen molar-refractivity contribution in [2.75, 3.05) is 19.7 Å². The molecular formula is C14H20N4O2. The van der Waals surface area contributed by atoms with Crippen LogP contribution in [0.3, 0.4) is 0 Å². The summed E-state index contributed by atoms with van der Waals surface area (Å²) in [7, 11) is 0. The average molecular weight is 276 g/mol. The van der Waals surface area contributed by atoms with Gasteiger partial charge in [-0.15, -0.1) is 5.10 Å². The zero-order valence-electron chi connectivity index (χ0n) is 12.4. The third-order valence-electron chi connectivity index (χ3n) is 3.35. The van der Waals surface area contributed by atoms with E-state index in [2.05, 4.69) is 21.6 Å². The van der Waals surface area contributed by atoms with E-state index in [-0.39, 0.29) is 17.6 Å². The number of hydrogen-bond acceptors (Lipinski definition) is 6. The van der Waals surface area contributed by atoms with Crippen molar-refractivity contribution in [2.24, 2.45) is 0 Å². The standard InChI is InChI=1S/C14H20N4O2/c1-9-10(2)17-18-13(12(9)5-15)19-7-11-6-16-8-14(3,4)20-11/h11,16H,6-8H2,1-4H3. The SMILES string of the molecule is Cc1nnc(OCC2CNCC(C)(C)O2)c(C#N)c1C. The highest BCUT2D eigenvalue weighted by atomic mass is 16.6. The second-order valence-corrected chi connectivity index (χ2v) is 5.64. The molecule has 0 bridgehead atoms. The van der Waals surface area contributed by atoms with Gasteiger partial charge in [-0.3, -0.25) is 0 Å². The summed E-state index contributed by atoms with van der Waals surface area (Å²) in [5.74, 6) is 0.280. The van der Waals surface area contributed by atoms with Crippen molar-refractivity contribution in [1.29, 1.82) is 5.26 Å². The summed E-state index contributed by atoms with van der Waals surface area (Å²) in [6.45, 7) is 9.62. The number of nitrogens with zero attached hydrogens (tertiary/aromatic N) is 3. The van der Waals surface area contributed by atoms with Crippen molar-refractivity contribution in [1.82, 2.24) is 15.5 Å². The Balaban J connectivity index is 2.05. The van der Waals surface area contributed by atoms with Crippen LogP contribution < -0.4 is 10.1 Å². The van der Waals surface area contributed by atoms with E-state index in [0.29, 0.717) is 12.2 Å². The Kier molecular flexibility index (Phi) is 4.21. The largest absolute Gasteiger partial charge is 0.473 e. The molecule has 2 heterocycles. The first-order valence-electron chi connectivity index (χ1n) is 6.68. The maximum Gasteiger partial charge on any atom is 0.251 e. The lowest BCUT2D eigenvalue weighted by molar-refractivity contribution is -0.107. The van der Waals surface area contributed by atoms with Gasteiger partial charge in [0, 0.05) is 13.1 Å². The molecule has 1 atom stereocenters. The summed E-state index contributed by atoms with van der Waals surface area (Å²) in [5, 5.41) is 20.5. The van der Waals surface area contributed by atoms with Gasteiger partial charge in [-0.1, -0.05) is 0 Å². The van der Waals surface area contributed by atoms with Gasteiger partial charge in [-0.25, -0.2) is 0 Å². The summed E-state index contributed by atoms with van der Waals surface area (Å²) in [6, 6.07) is 2.12. The summed E-state index contributed by atoms with van der Waals surface area (Å²) >= 11 is 0. The van der Waals surface area contributed by atoms with Crippen molar-refractivity contribution >= 4 is 0 Å². The molecule has 0 radical (unpaired) electrons. The van der Waals surface area contributed by atoms with Crippen LogP contribution in [0.1, 0.15) is 30.7 Å². The van der Waals surface area contributed by atoms with Crippen LogP contribution in [-0.4, -0.2) is 41.6 Å². The number of nitriles is 1. The number of nitrogens with one attached hydrogen (secondary N) is 1. The molecular weight excluding hydrogens is 256 g/mol. The van der Waals surface area contributed by atoms with E-state index in [9.17, 15) is 5.26 Å². The highest BCUT2D eigenvalue weighted by Gasteiger charge is 2.29. The summed E-state index contributed by atoms with van der Waals surface area (Å²) in [5.41, 5.74) is 1.78. The summed E-state index contributed by atoms with van der Waals surface area (Å²) in [6.07, 6.45) is -0.0614. The Hall–Kier alpha value is -1.71. The number of aryl methyl sites for hydroxylation is 1. The minimum atomic E-state index is -0.209. The zero-order valence-corrected chi connectivity index (χ0v) is 12.4. The van der Waals surface area contributed by atoms with Gasteiger partial charge in [0.15, 0.2) is 0 Å². The lowest BCUT2D eigenvalue weighted by Crippen LogP contribution is -2.52. The maximum absolute atomic E-state index is 9.20. The predicted molar refractivity (Wildman–Crippen MR) is 73.5 cm³/mol. The number of rotatable bonds is 3. The van der Waals surface area contributed by atoms with Crippen molar-refractivity contribution in [2.45, 2.75) is 39.4 Å². The van der Waals surface area contributed by atoms with E-state index in [1.165, 1.54) is 0 Å². The fourth-order valence-electron chi connectivity index (χ4n) is 2.15. The zero-order chi connectivity index (χ0) is 14.8. The minimum Gasteiger partial charge on any atom is -0.473 e. The number of morpholine rings is 1. The van der Waals surface area contributed by atoms with E-state index in [4.69, 9.17) is 9.47 Å². The van der Waals surface area contributed by atoms with Crippen LogP contribution in [-0.2, 0) is 4.74 Å². The van der Waals surface area contributed by atoms with Gasteiger partial charge in [-0.05, 0) is 33.3 Å². The first-order chi connectivity index (χ1) is 9.43. The van der Waals surface area contributed by atoms with Crippen LogP contribution in [0.25, 0.3) is 0 Å². The normalized spacial score (nSPS) is 21.2. The monoisotopic (exact) mass is 276 g/mol. The van der Waals surface area contributed by atoms with Crippen molar-refractivity contribution in [3.8, 4) is 11.9 Å². The molecule has 1 unspecified atom stereocenters. The predicted octanol–water partition coefficient (Wildman–Crippen LogP) is 1.11. The van der Waals surface area contributed by atoms with Gasteiger partial charge in [0.1, 0.15) is 24.3 Å². The highest BCUT2D eigenvalue weighted by molar-refractivity contribution is 5.44. The Morgan fingerprint density at radius 3 is 2.85 bits per heavy atom. The molecule has 1 aromatic rings. The van der Waals surface area contributed by atoms with Gasteiger partial charge >= 0.3 is 0 Å². The van der Waals surface area contributed by atoms with E-state index >= 15 is 0 Å². The topological polar surface area (TPSA) is 80.1 Å². The fourth-order valence-corrected chi connectivity index (χ4v) is 2.15. The molecule has 1 aromatic heterocycles. The first-order valence-corrected chi connectivity index (χ1v) is 6.68. The summed E-state index contributed by atoms with van der Waals surface area (Å²) in [4.78, 5) is 0. The van der Waals surface area contributed by atoms with Crippen molar-refractivity contribution in [3.63, 3.8) is 0 Å². The summed E-state index contributed by atoms with van der Waals surface area (Å²) < 4.78 is 11.5. The molecule has 0 spiro atoms. The number of aromatic nitrogens is 2. The number of hydrogen-bond donors (Lipinski definition) is 1. The van der Waals surface area contributed by atoms with Crippen LogP contribution in [0.4, 0.5) is 0 Å². The van der Waals surface area contributed by atoms with Crippen LogP contribution in [0.5, 0.6) is 5.88 Å². The molecule has 20 heavy (non-hydrogen) atoms. The quantitative estimate of drug-likeness (QED) is 0.891. The molecule has 1 aliphatic heterocycles. The number of ether oxygens (including phenoxy) is 2. The minimum absolute atomic E-state index is 0.0614. The fraction of sp³-hybridized carbons (Fsp3) is 0.643. The van der Waals surface area contributed by atoms with Crippen LogP contribution in [0, 0.1) is 25.2 Å². The van der Waals surface area contributed by atoms with E-state index in [1.54, 1.807) is 0 Å². The molecule has 1 saturated heterocycles. The highest BCUT2D eigenvalue weighted by Crippen LogP contribution is 2.21. The van der Waals surface area contributed by atoms with Gasteiger partial charge in [0.2, 0.25) is 0 Å². The van der Waals surface area contributed by atoms with Crippen molar-refractivity contribution < 1.29 is 9.47 Å². The molecule has 1 N–H and O–H groups in total. The Morgan fingerprint density at radius 2 is 2.20 bits per heavy atom. The van der Waals surface area contributed by atoms with E-state index in [1.807, 2.05) is 27.7 Å².